The first-order valence-corrected chi connectivity index (χ1v) is 17.3. The van der Waals surface area contributed by atoms with E-state index in [2.05, 4.69) is 52.8 Å². The average Bonchev–Trinajstić information content (AvgIpc) is 3.52. The summed E-state index contributed by atoms with van der Waals surface area (Å²) >= 11 is 0. The molecule has 0 bridgehead atoms. The lowest BCUT2D eigenvalue weighted by atomic mass is 9.47. The number of carbonyl (C=O) groups is 1. The minimum atomic E-state index is 0.107. The third-order valence-electron chi connectivity index (χ3n) is 13.8. The van der Waals surface area contributed by atoms with Gasteiger partial charge in [-0.15, -0.1) is 0 Å². The van der Waals surface area contributed by atoms with E-state index in [1.807, 2.05) is 0 Å². The summed E-state index contributed by atoms with van der Waals surface area (Å²) in [4.78, 5) is 13.3. The van der Waals surface area contributed by atoms with Gasteiger partial charge in [0.2, 0.25) is 0 Å². The second kappa shape index (κ2) is 11.0. The van der Waals surface area contributed by atoms with Crippen LogP contribution in [0, 0.1) is 64.1 Å². The third-order valence-corrected chi connectivity index (χ3v) is 13.8. The van der Waals surface area contributed by atoms with Crippen LogP contribution in [-0.2, 0) is 9.53 Å². The van der Waals surface area contributed by atoms with Gasteiger partial charge in [-0.05, 0) is 122 Å². The summed E-state index contributed by atoms with van der Waals surface area (Å²) in [6, 6.07) is 0. The minimum absolute atomic E-state index is 0.107. The topological polar surface area (TPSA) is 26.3 Å². The van der Waals surface area contributed by atoms with Crippen LogP contribution in [0.2, 0.25) is 0 Å². The van der Waals surface area contributed by atoms with Gasteiger partial charge in [0.15, 0.2) is 0 Å². The predicted octanol–water partition coefficient (Wildman–Crippen LogP) is 9.93. The number of ether oxygens (including phenoxy) is 1. The van der Waals surface area contributed by atoms with E-state index in [0.29, 0.717) is 22.7 Å². The zero-order valence-corrected chi connectivity index (χ0v) is 25.9. The first-order valence-electron chi connectivity index (χ1n) is 17.3. The summed E-state index contributed by atoms with van der Waals surface area (Å²) in [5.74, 6) is 6.66. The molecule has 0 aromatic carbocycles. The molecule has 0 aromatic heterocycles. The third kappa shape index (κ3) is 5.01. The molecule has 0 spiro atoms. The largest absolute Gasteiger partial charge is 0.462 e. The van der Waals surface area contributed by atoms with Crippen molar-refractivity contribution in [1.82, 2.24) is 0 Å². The van der Waals surface area contributed by atoms with Crippen LogP contribution >= 0.6 is 0 Å². The monoisotopic (exact) mass is 534 g/mol. The fourth-order valence-electron chi connectivity index (χ4n) is 11.6. The van der Waals surface area contributed by atoms with Crippen LogP contribution in [0.15, 0.2) is 23.8 Å². The maximum atomic E-state index is 13.3. The Morgan fingerprint density at radius 1 is 0.949 bits per heavy atom. The van der Waals surface area contributed by atoms with Crippen LogP contribution in [0.25, 0.3) is 0 Å². The van der Waals surface area contributed by atoms with Crippen molar-refractivity contribution in [3.8, 4) is 0 Å². The lowest BCUT2D eigenvalue weighted by molar-refractivity contribution is -0.159. The molecule has 218 valence electrons. The van der Waals surface area contributed by atoms with E-state index in [1.165, 1.54) is 77.0 Å². The fraction of sp³-hybridized carbons (Fsp3) is 0.865. The summed E-state index contributed by atoms with van der Waals surface area (Å²) in [6.07, 6.45) is 26.6. The van der Waals surface area contributed by atoms with Crippen molar-refractivity contribution in [2.75, 3.05) is 0 Å². The lowest BCUT2D eigenvalue weighted by Crippen LogP contribution is -2.51. The molecule has 39 heavy (non-hydrogen) atoms. The number of hydrogen-bond acceptors (Lipinski definition) is 2. The smallest absolute Gasteiger partial charge is 0.309 e. The molecule has 0 saturated heterocycles. The van der Waals surface area contributed by atoms with E-state index in [9.17, 15) is 4.79 Å². The molecule has 4 fully saturated rings. The molecule has 0 aliphatic heterocycles. The Morgan fingerprint density at radius 2 is 1.79 bits per heavy atom. The van der Waals surface area contributed by atoms with E-state index in [0.717, 1.165) is 54.8 Å². The van der Waals surface area contributed by atoms with Crippen LogP contribution < -0.4 is 0 Å². The summed E-state index contributed by atoms with van der Waals surface area (Å²) in [5, 5.41) is 0. The van der Waals surface area contributed by atoms with Crippen LogP contribution in [0.5, 0.6) is 0 Å². The molecule has 6 aliphatic rings. The molecule has 0 radical (unpaired) electrons. The highest BCUT2D eigenvalue weighted by Crippen LogP contribution is 2.67. The number of hydrogen-bond donors (Lipinski definition) is 0. The van der Waals surface area contributed by atoms with Crippen LogP contribution in [-0.4, -0.2) is 12.1 Å². The average molecular weight is 535 g/mol. The van der Waals surface area contributed by atoms with E-state index in [-0.39, 0.29) is 18.0 Å². The molecule has 0 aromatic rings. The van der Waals surface area contributed by atoms with Gasteiger partial charge in [0.05, 0.1) is 5.92 Å². The Labute approximate surface area is 240 Å². The number of carbonyl (C=O) groups excluding carboxylic acids is 1. The SMILES string of the molecule is CC(C)CCC[C@@H](C)[C@H]1CC[C@H]2[C@@H]3CC=C4CC(OC(=O)[C@@H]5CC=C[C@@H]6CCC[C@H]65)CC[C@]4(C)[C@H]3CC[C@]12C. The second-order valence-electron chi connectivity index (χ2n) is 16.1. The second-order valence-corrected chi connectivity index (χ2v) is 16.1. The minimum Gasteiger partial charge on any atom is -0.462 e. The molecule has 0 amide bonds. The Kier molecular flexibility index (Phi) is 7.91. The fourth-order valence-corrected chi connectivity index (χ4v) is 11.6. The van der Waals surface area contributed by atoms with Crippen LogP contribution in [0.3, 0.4) is 0 Å². The molecule has 1 unspecified atom stereocenters. The molecule has 2 heteroatoms. The molecule has 6 aliphatic carbocycles. The quantitative estimate of drug-likeness (QED) is 0.240. The number of rotatable bonds is 7. The molecule has 4 saturated carbocycles. The van der Waals surface area contributed by atoms with Crippen molar-refractivity contribution in [3.05, 3.63) is 23.8 Å². The van der Waals surface area contributed by atoms with Crippen molar-refractivity contribution in [3.63, 3.8) is 0 Å². The highest BCUT2D eigenvalue weighted by atomic mass is 16.5. The van der Waals surface area contributed by atoms with Crippen molar-refractivity contribution >= 4 is 5.97 Å². The predicted molar refractivity (Wildman–Crippen MR) is 161 cm³/mol. The maximum Gasteiger partial charge on any atom is 0.309 e. The Bertz CT molecular complexity index is 960. The van der Waals surface area contributed by atoms with Gasteiger partial charge in [-0.3, -0.25) is 4.79 Å². The summed E-state index contributed by atoms with van der Waals surface area (Å²) in [6.45, 7) is 12.6. The number of fused-ring (bicyclic) bond motifs is 6. The summed E-state index contributed by atoms with van der Waals surface area (Å²) < 4.78 is 6.33. The zero-order chi connectivity index (χ0) is 27.4. The lowest BCUT2D eigenvalue weighted by Gasteiger charge is -2.58. The number of esters is 1. The van der Waals surface area contributed by atoms with E-state index >= 15 is 0 Å². The molecule has 11 atom stereocenters. The number of allylic oxidation sites excluding steroid dienone is 3. The highest BCUT2D eigenvalue weighted by Gasteiger charge is 2.59. The van der Waals surface area contributed by atoms with Gasteiger partial charge in [0.25, 0.3) is 0 Å². The first kappa shape index (κ1) is 28.1. The molecular weight excluding hydrogens is 476 g/mol. The van der Waals surface area contributed by atoms with Gasteiger partial charge in [0.1, 0.15) is 6.10 Å². The zero-order valence-electron chi connectivity index (χ0n) is 25.9. The normalized spacial score (nSPS) is 45.6. The van der Waals surface area contributed by atoms with Gasteiger partial charge in [-0.2, -0.15) is 0 Å². The molecular formula is C37H58O2. The molecule has 6 rings (SSSR count). The van der Waals surface area contributed by atoms with Gasteiger partial charge in [-0.25, -0.2) is 0 Å². The van der Waals surface area contributed by atoms with Crippen molar-refractivity contribution in [1.29, 1.82) is 0 Å². The maximum absolute atomic E-state index is 13.3. The van der Waals surface area contributed by atoms with Crippen molar-refractivity contribution in [2.45, 2.75) is 137 Å². The van der Waals surface area contributed by atoms with Crippen LogP contribution in [0.4, 0.5) is 0 Å². The van der Waals surface area contributed by atoms with Gasteiger partial charge < -0.3 is 4.74 Å². The summed E-state index contributed by atoms with van der Waals surface area (Å²) in [5.41, 5.74) is 2.53. The highest BCUT2D eigenvalue weighted by molar-refractivity contribution is 5.73. The van der Waals surface area contributed by atoms with E-state index in [1.54, 1.807) is 5.57 Å². The molecule has 2 nitrogen and oxygen atoms in total. The Morgan fingerprint density at radius 3 is 2.62 bits per heavy atom. The molecule has 0 heterocycles. The Hall–Kier alpha value is -1.05. The van der Waals surface area contributed by atoms with Crippen LogP contribution in [0.1, 0.15) is 131 Å². The van der Waals surface area contributed by atoms with Crippen molar-refractivity contribution < 1.29 is 9.53 Å². The first-order chi connectivity index (χ1) is 18.7. The summed E-state index contributed by atoms with van der Waals surface area (Å²) in [7, 11) is 0. The van der Waals surface area contributed by atoms with Crippen molar-refractivity contribution in [2.24, 2.45) is 64.1 Å². The van der Waals surface area contributed by atoms with E-state index < -0.39 is 0 Å². The van der Waals surface area contributed by atoms with Gasteiger partial charge >= 0.3 is 5.97 Å². The Balaban J connectivity index is 1.10. The van der Waals surface area contributed by atoms with Gasteiger partial charge in [0, 0.05) is 6.42 Å². The standard InChI is InChI=1S/C37H58O2/c1-24(2)9-6-10-25(3)32-17-18-33-31-16-15-27-23-28(19-21-36(27,4)34(31)20-22-37(32,33)5)39-35(38)30-14-8-12-26-11-7-13-29(26)30/h8,12,15,24-26,28-34H,6-7,9-11,13-14,16-23H2,1-5H3/t25-,26+,28?,29-,30-,31+,32-,33+,34+,36+,37-/m1/s1. The van der Waals surface area contributed by atoms with E-state index in [4.69, 9.17) is 4.74 Å². The molecule has 0 N–H and O–H groups in total. The van der Waals surface area contributed by atoms with Gasteiger partial charge in [-0.1, -0.05) is 84.1 Å².